The molecule has 6 heteroatoms. The Kier molecular flexibility index (Phi) is 5.13. The van der Waals surface area contributed by atoms with Gasteiger partial charge in [-0.3, -0.25) is 9.59 Å². The van der Waals surface area contributed by atoms with Crippen LogP contribution in [0, 0.1) is 18.7 Å². The van der Waals surface area contributed by atoms with E-state index in [2.05, 4.69) is 15.9 Å². The average molecular weight is 385 g/mol. The molecule has 1 aromatic carbocycles. The summed E-state index contributed by atoms with van der Waals surface area (Å²) in [5.41, 5.74) is -0.0744. The molecule has 0 spiro atoms. The molecule has 0 radical (unpaired) electrons. The molecule has 1 aromatic heterocycles. The molecule has 0 amide bonds. The van der Waals surface area contributed by atoms with Crippen LogP contribution in [0.25, 0.3) is 0 Å². The molecule has 0 saturated carbocycles. The van der Waals surface area contributed by atoms with Gasteiger partial charge in [0.2, 0.25) is 0 Å². The van der Waals surface area contributed by atoms with E-state index in [1.165, 1.54) is 43.6 Å². The molecule has 1 heterocycles. The molecule has 2 rings (SSSR count). The number of Topliss-reactive ketones (excluding diaryl/α,β-unsaturated/α-hetero) is 2. The lowest BCUT2D eigenvalue weighted by Crippen LogP contribution is -2.22. The highest BCUT2D eigenvalue weighted by Crippen LogP contribution is 2.40. The van der Waals surface area contributed by atoms with Gasteiger partial charge >= 0.3 is 0 Å². The molecule has 116 valence electrons. The van der Waals surface area contributed by atoms with E-state index in [1.807, 2.05) is 6.92 Å². The van der Waals surface area contributed by atoms with Gasteiger partial charge in [0.05, 0.1) is 23.1 Å². The summed E-state index contributed by atoms with van der Waals surface area (Å²) < 4.78 is 19.7. The van der Waals surface area contributed by atoms with Crippen molar-refractivity contribution in [1.29, 1.82) is 0 Å². The minimum absolute atomic E-state index is 0.0744. The number of hydrogen-bond donors (Lipinski definition) is 0. The minimum atomic E-state index is -0.976. The summed E-state index contributed by atoms with van der Waals surface area (Å²) in [6, 6.07) is 5.66. The molecule has 2 aromatic rings. The number of halogens is 2. The Bertz CT molecular complexity index is 739. The zero-order chi connectivity index (χ0) is 16.4. The van der Waals surface area contributed by atoms with Crippen molar-refractivity contribution < 1.29 is 18.7 Å². The highest BCUT2D eigenvalue weighted by molar-refractivity contribution is 9.10. The van der Waals surface area contributed by atoms with Crippen LogP contribution in [0.15, 0.2) is 28.7 Å². The van der Waals surface area contributed by atoms with E-state index in [0.717, 1.165) is 4.88 Å². The van der Waals surface area contributed by atoms with E-state index in [9.17, 15) is 14.0 Å². The Labute approximate surface area is 140 Å². The van der Waals surface area contributed by atoms with Gasteiger partial charge in [-0.25, -0.2) is 4.39 Å². The number of hydrogen-bond acceptors (Lipinski definition) is 4. The first-order chi connectivity index (χ1) is 10.4. The highest BCUT2D eigenvalue weighted by Gasteiger charge is 2.30. The number of methoxy groups -OCH3 is 1. The first-order valence-corrected chi connectivity index (χ1v) is 8.15. The number of ketones is 2. The maximum atomic E-state index is 13.7. The maximum Gasteiger partial charge on any atom is 0.187 e. The Hall–Kier alpha value is -1.53. The SMILES string of the molecule is COc1c(C(=O)C(C)C(=O)c2ccccc2F)sc(C)c1Br. The number of benzene rings is 1. The highest BCUT2D eigenvalue weighted by atomic mass is 79.9. The molecule has 22 heavy (non-hydrogen) atoms. The quantitative estimate of drug-likeness (QED) is 0.555. The Morgan fingerprint density at radius 2 is 1.91 bits per heavy atom. The molecule has 1 atom stereocenters. The molecular weight excluding hydrogens is 371 g/mol. The van der Waals surface area contributed by atoms with E-state index in [4.69, 9.17) is 4.74 Å². The molecule has 0 bridgehead atoms. The predicted molar refractivity (Wildman–Crippen MR) is 87.5 cm³/mol. The van der Waals surface area contributed by atoms with E-state index < -0.39 is 17.5 Å². The largest absolute Gasteiger partial charge is 0.494 e. The zero-order valence-electron chi connectivity index (χ0n) is 12.3. The molecular formula is C16H14BrFO3S. The average Bonchev–Trinajstić information content (AvgIpc) is 2.80. The summed E-state index contributed by atoms with van der Waals surface area (Å²) in [5, 5.41) is 0. The zero-order valence-corrected chi connectivity index (χ0v) is 14.7. The first kappa shape index (κ1) is 16.8. The smallest absolute Gasteiger partial charge is 0.187 e. The van der Waals surface area contributed by atoms with Gasteiger partial charge in [-0.05, 0) is 41.9 Å². The van der Waals surface area contributed by atoms with E-state index in [1.54, 1.807) is 6.07 Å². The number of thiophene rings is 1. The number of carbonyl (C=O) groups is 2. The topological polar surface area (TPSA) is 43.4 Å². The van der Waals surface area contributed by atoms with Crippen LogP contribution in [0.2, 0.25) is 0 Å². The summed E-state index contributed by atoms with van der Waals surface area (Å²) in [7, 11) is 1.46. The summed E-state index contributed by atoms with van der Waals surface area (Å²) in [4.78, 5) is 26.2. The fraction of sp³-hybridized carbons (Fsp3) is 0.250. The third-order valence-corrected chi connectivity index (χ3v) is 5.64. The van der Waals surface area contributed by atoms with Crippen molar-refractivity contribution in [2.24, 2.45) is 5.92 Å². The van der Waals surface area contributed by atoms with Crippen LogP contribution in [0.3, 0.4) is 0 Å². The van der Waals surface area contributed by atoms with Crippen LogP contribution in [0.1, 0.15) is 31.8 Å². The van der Waals surface area contributed by atoms with E-state index in [-0.39, 0.29) is 11.3 Å². The lowest BCUT2D eigenvalue weighted by Gasteiger charge is -2.10. The summed E-state index contributed by atoms with van der Waals surface area (Å²) in [5.74, 6) is -2.09. The third kappa shape index (κ3) is 2.98. The number of aryl methyl sites for hydroxylation is 1. The second kappa shape index (κ2) is 6.71. The normalized spacial score (nSPS) is 12.0. The van der Waals surface area contributed by atoms with Gasteiger partial charge < -0.3 is 4.74 Å². The second-order valence-electron chi connectivity index (χ2n) is 4.76. The molecule has 0 fully saturated rings. The maximum absolute atomic E-state index is 13.7. The Balaban J connectivity index is 2.36. The van der Waals surface area contributed by atoms with Crippen molar-refractivity contribution in [2.45, 2.75) is 13.8 Å². The lowest BCUT2D eigenvalue weighted by atomic mass is 9.94. The molecule has 0 N–H and O–H groups in total. The Morgan fingerprint density at radius 1 is 1.27 bits per heavy atom. The number of carbonyl (C=O) groups excluding carboxylic acids is 2. The van der Waals surface area contributed by atoms with Gasteiger partial charge in [0.25, 0.3) is 0 Å². The summed E-state index contributed by atoms with van der Waals surface area (Å²) in [6.45, 7) is 3.33. The van der Waals surface area contributed by atoms with Crippen LogP contribution in [0.4, 0.5) is 4.39 Å². The predicted octanol–water partition coefficient (Wildman–Crippen LogP) is 4.67. The van der Waals surface area contributed by atoms with Crippen LogP contribution < -0.4 is 4.74 Å². The molecule has 1 unspecified atom stereocenters. The number of rotatable bonds is 5. The lowest BCUT2D eigenvalue weighted by molar-refractivity contribution is 0.0819. The van der Waals surface area contributed by atoms with Crippen LogP contribution in [0.5, 0.6) is 5.75 Å². The standard InChI is InChI=1S/C16H14BrFO3S/c1-8(13(19)10-6-4-5-7-11(10)18)14(20)16-15(21-3)12(17)9(2)22-16/h4-8H,1-3H3. The molecule has 0 aliphatic carbocycles. The first-order valence-electron chi connectivity index (χ1n) is 6.54. The van der Waals surface area contributed by atoms with Crippen molar-refractivity contribution in [1.82, 2.24) is 0 Å². The van der Waals surface area contributed by atoms with Crippen molar-refractivity contribution in [3.05, 3.63) is 49.9 Å². The minimum Gasteiger partial charge on any atom is -0.494 e. The van der Waals surface area contributed by atoms with Crippen molar-refractivity contribution >= 4 is 38.8 Å². The van der Waals surface area contributed by atoms with Crippen LogP contribution >= 0.6 is 27.3 Å². The molecule has 3 nitrogen and oxygen atoms in total. The third-order valence-electron chi connectivity index (χ3n) is 3.32. The van der Waals surface area contributed by atoms with Gasteiger partial charge in [-0.2, -0.15) is 0 Å². The Morgan fingerprint density at radius 3 is 2.50 bits per heavy atom. The molecule has 0 aliphatic rings. The van der Waals surface area contributed by atoms with Gasteiger partial charge in [0.15, 0.2) is 17.3 Å². The fourth-order valence-electron chi connectivity index (χ4n) is 2.06. The summed E-state index contributed by atoms with van der Waals surface area (Å²) >= 11 is 4.61. The van der Waals surface area contributed by atoms with E-state index >= 15 is 0 Å². The van der Waals surface area contributed by atoms with Crippen molar-refractivity contribution in [3.8, 4) is 5.75 Å². The van der Waals surface area contributed by atoms with Gasteiger partial charge in [-0.15, -0.1) is 11.3 Å². The molecule has 0 saturated heterocycles. The van der Waals surface area contributed by atoms with Gasteiger partial charge in [0, 0.05) is 4.88 Å². The fourth-order valence-corrected chi connectivity index (χ4v) is 3.84. The summed E-state index contributed by atoms with van der Waals surface area (Å²) in [6.07, 6.45) is 0. The van der Waals surface area contributed by atoms with Gasteiger partial charge in [0.1, 0.15) is 10.7 Å². The van der Waals surface area contributed by atoms with Gasteiger partial charge in [-0.1, -0.05) is 12.1 Å². The van der Waals surface area contributed by atoms with Crippen LogP contribution in [-0.4, -0.2) is 18.7 Å². The molecule has 0 aliphatic heterocycles. The number of ether oxygens (including phenoxy) is 1. The van der Waals surface area contributed by atoms with Crippen molar-refractivity contribution in [3.63, 3.8) is 0 Å². The van der Waals surface area contributed by atoms with Crippen LogP contribution in [-0.2, 0) is 0 Å². The van der Waals surface area contributed by atoms with E-state index in [0.29, 0.717) is 15.1 Å². The second-order valence-corrected chi connectivity index (χ2v) is 6.78. The van der Waals surface area contributed by atoms with Crippen molar-refractivity contribution in [2.75, 3.05) is 7.11 Å². The monoisotopic (exact) mass is 384 g/mol.